The summed E-state index contributed by atoms with van der Waals surface area (Å²) in [4.78, 5) is 26.1. The van der Waals surface area contributed by atoms with Crippen molar-refractivity contribution in [3.05, 3.63) is 59.4 Å². The molecule has 0 saturated heterocycles. The topological polar surface area (TPSA) is 74.6 Å². The molecule has 0 aliphatic rings. The first-order valence-corrected chi connectivity index (χ1v) is 9.15. The minimum absolute atomic E-state index is 0.0204. The second-order valence-electron chi connectivity index (χ2n) is 6.14. The average molecular weight is 371 g/mol. The quantitative estimate of drug-likeness (QED) is 0.653. The van der Waals surface area contributed by atoms with Gasteiger partial charge in [0.25, 0.3) is 0 Å². The molecule has 0 aliphatic heterocycles. The molecule has 0 bridgehead atoms. The Bertz CT molecular complexity index is 886. The van der Waals surface area contributed by atoms with Crippen LogP contribution in [0.4, 0.5) is 0 Å². The number of thiophene rings is 1. The van der Waals surface area contributed by atoms with Crippen LogP contribution in [0.1, 0.15) is 17.4 Å². The summed E-state index contributed by atoms with van der Waals surface area (Å²) in [5.74, 6) is -0.723. The molecule has 2 amide bonds. The van der Waals surface area contributed by atoms with Gasteiger partial charge in [-0.2, -0.15) is 0 Å². The van der Waals surface area contributed by atoms with Crippen molar-refractivity contribution >= 4 is 33.2 Å². The fourth-order valence-electron chi connectivity index (χ4n) is 2.76. The summed E-state index contributed by atoms with van der Waals surface area (Å²) in [6.45, 7) is 0.534. The van der Waals surface area contributed by atoms with Gasteiger partial charge in [0, 0.05) is 11.2 Å². The van der Waals surface area contributed by atoms with E-state index in [2.05, 4.69) is 28.1 Å². The number of nitrogens with one attached hydrogen (secondary N) is 2. The number of hydrogen-bond acceptors (Lipinski definition) is 5. The highest BCUT2D eigenvalue weighted by Gasteiger charge is 2.21. The Morgan fingerprint density at radius 3 is 2.62 bits per heavy atom. The molecule has 0 spiro atoms. The zero-order chi connectivity index (χ0) is 18.5. The number of carbonyl (C=O) groups is 2. The molecule has 0 aliphatic carbocycles. The van der Waals surface area contributed by atoms with Crippen molar-refractivity contribution in [2.24, 2.45) is 0 Å². The Balaban J connectivity index is 1.61. The lowest BCUT2D eigenvalue weighted by Gasteiger charge is -2.24. The molecule has 7 heteroatoms. The van der Waals surface area contributed by atoms with Crippen molar-refractivity contribution in [1.29, 1.82) is 0 Å². The molecule has 3 rings (SSSR count). The first-order valence-electron chi connectivity index (χ1n) is 8.27. The van der Waals surface area contributed by atoms with Crippen LogP contribution in [0.3, 0.4) is 0 Å². The Labute approximate surface area is 155 Å². The second-order valence-corrected chi connectivity index (χ2v) is 7.05. The van der Waals surface area contributed by atoms with Gasteiger partial charge in [0.15, 0.2) is 0 Å². The molecule has 136 valence electrons. The number of furan rings is 1. The van der Waals surface area contributed by atoms with E-state index in [9.17, 15) is 9.59 Å². The Hall–Kier alpha value is -2.64. The van der Waals surface area contributed by atoms with Gasteiger partial charge in [-0.3, -0.25) is 9.59 Å². The van der Waals surface area contributed by atoms with Crippen LogP contribution in [0.25, 0.3) is 10.1 Å². The summed E-state index contributed by atoms with van der Waals surface area (Å²) in [6, 6.07) is 11.6. The number of hydrogen-bond donors (Lipinski definition) is 2. The summed E-state index contributed by atoms with van der Waals surface area (Å²) in [5.41, 5.74) is 1.15. The maximum absolute atomic E-state index is 12.1. The van der Waals surface area contributed by atoms with Gasteiger partial charge in [-0.25, -0.2) is 0 Å². The molecule has 1 aromatic carbocycles. The number of nitrogens with zero attached hydrogens (tertiary/aromatic N) is 1. The Morgan fingerprint density at radius 2 is 1.88 bits per heavy atom. The van der Waals surface area contributed by atoms with Crippen LogP contribution in [-0.4, -0.2) is 37.4 Å². The van der Waals surface area contributed by atoms with Crippen LogP contribution in [0.5, 0.6) is 0 Å². The van der Waals surface area contributed by atoms with E-state index in [0.29, 0.717) is 12.3 Å². The average Bonchev–Trinajstić information content (AvgIpc) is 3.29. The molecular weight excluding hydrogens is 350 g/mol. The normalized spacial score (nSPS) is 12.3. The number of fused-ring (bicyclic) bond motifs is 1. The van der Waals surface area contributed by atoms with Gasteiger partial charge >= 0.3 is 11.8 Å². The second kappa shape index (κ2) is 8.16. The lowest BCUT2D eigenvalue weighted by Crippen LogP contribution is -2.42. The van der Waals surface area contributed by atoms with Crippen molar-refractivity contribution < 1.29 is 14.0 Å². The summed E-state index contributed by atoms with van der Waals surface area (Å²) in [6.07, 6.45) is 1.52. The maximum atomic E-state index is 12.1. The highest BCUT2D eigenvalue weighted by molar-refractivity contribution is 7.17. The highest BCUT2D eigenvalue weighted by atomic mass is 32.1. The minimum Gasteiger partial charge on any atom is -0.467 e. The van der Waals surface area contributed by atoms with Crippen LogP contribution >= 0.6 is 11.3 Å². The van der Waals surface area contributed by atoms with E-state index in [1.807, 2.05) is 31.1 Å². The van der Waals surface area contributed by atoms with Crippen molar-refractivity contribution in [2.75, 3.05) is 20.6 Å². The van der Waals surface area contributed by atoms with Crippen LogP contribution in [0.15, 0.2) is 52.5 Å². The number of benzene rings is 1. The number of rotatable bonds is 6. The standard InChI is InChI=1S/C19H21N3O3S/c1-22(2)16(15-12-26-17-8-4-3-7-14(15)17)11-21-19(24)18(23)20-10-13-6-5-9-25-13/h3-9,12,16H,10-11H2,1-2H3,(H,20,23)(H,21,24)/t16-/m1/s1. The summed E-state index contributed by atoms with van der Waals surface area (Å²) in [5, 5.41) is 8.56. The molecule has 26 heavy (non-hydrogen) atoms. The van der Waals surface area contributed by atoms with E-state index in [1.54, 1.807) is 23.5 Å². The minimum atomic E-state index is -0.672. The van der Waals surface area contributed by atoms with Crippen molar-refractivity contribution in [2.45, 2.75) is 12.6 Å². The molecule has 0 unspecified atom stereocenters. The van der Waals surface area contributed by atoms with E-state index < -0.39 is 11.8 Å². The molecular formula is C19H21N3O3S. The lowest BCUT2D eigenvalue weighted by atomic mass is 10.0. The molecule has 3 aromatic rings. The van der Waals surface area contributed by atoms with E-state index in [1.165, 1.54) is 16.3 Å². The van der Waals surface area contributed by atoms with Gasteiger partial charge in [0.05, 0.1) is 18.8 Å². The molecule has 6 nitrogen and oxygen atoms in total. The van der Waals surface area contributed by atoms with Gasteiger partial charge < -0.3 is 20.0 Å². The predicted octanol–water partition coefficient (Wildman–Crippen LogP) is 2.53. The van der Waals surface area contributed by atoms with E-state index in [0.717, 1.165) is 5.56 Å². The third-order valence-electron chi connectivity index (χ3n) is 4.16. The van der Waals surface area contributed by atoms with E-state index >= 15 is 0 Å². The number of likely N-dealkylation sites (N-methyl/N-ethyl adjacent to an activating group) is 1. The van der Waals surface area contributed by atoms with Gasteiger partial charge in [0.2, 0.25) is 0 Å². The van der Waals surface area contributed by atoms with Crippen LogP contribution < -0.4 is 10.6 Å². The molecule has 0 saturated carbocycles. The largest absolute Gasteiger partial charge is 0.467 e. The van der Waals surface area contributed by atoms with E-state index in [4.69, 9.17) is 4.42 Å². The first-order chi connectivity index (χ1) is 12.6. The third kappa shape index (κ3) is 4.12. The molecule has 2 heterocycles. The fourth-order valence-corrected chi connectivity index (χ4v) is 3.77. The monoisotopic (exact) mass is 371 g/mol. The maximum Gasteiger partial charge on any atom is 0.309 e. The Kier molecular flexibility index (Phi) is 5.70. The molecule has 0 fully saturated rings. The predicted molar refractivity (Wildman–Crippen MR) is 102 cm³/mol. The lowest BCUT2D eigenvalue weighted by molar-refractivity contribution is -0.139. The molecule has 2 N–H and O–H groups in total. The third-order valence-corrected chi connectivity index (χ3v) is 5.14. The van der Waals surface area contributed by atoms with Gasteiger partial charge in [-0.1, -0.05) is 18.2 Å². The SMILES string of the molecule is CN(C)[C@H](CNC(=O)C(=O)NCc1ccco1)c1csc2ccccc12. The Morgan fingerprint density at radius 1 is 1.12 bits per heavy atom. The van der Waals surface area contributed by atoms with Crippen molar-refractivity contribution in [3.8, 4) is 0 Å². The zero-order valence-corrected chi connectivity index (χ0v) is 15.5. The molecule has 2 aromatic heterocycles. The number of carbonyl (C=O) groups excluding carboxylic acids is 2. The summed E-state index contributed by atoms with van der Waals surface area (Å²) in [7, 11) is 3.92. The van der Waals surface area contributed by atoms with Crippen molar-refractivity contribution in [1.82, 2.24) is 15.5 Å². The molecule has 1 atom stereocenters. The highest BCUT2D eigenvalue weighted by Crippen LogP contribution is 2.31. The van der Waals surface area contributed by atoms with Crippen molar-refractivity contribution in [3.63, 3.8) is 0 Å². The van der Waals surface area contributed by atoms with Gasteiger partial charge in [-0.05, 0) is 48.6 Å². The summed E-state index contributed by atoms with van der Waals surface area (Å²) < 4.78 is 6.34. The smallest absolute Gasteiger partial charge is 0.309 e. The van der Waals surface area contributed by atoms with Crippen LogP contribution in [-0.2, 0) is 16.1 Å². The van der Waals surface area contributed by atoms with E-state index in [-0.39, 0.29) is 12.6 Å². The first kappa shape index (κ1) is 18.2. The van der Waals surface area contributed by atoms with Crippen LogP contribution in [0, 0.1) is 0 Å². The van der Waals surface area contributed by atoms with Gasteiger partial charge in [-0.15, -0.1) is 11.3 Å². The molecule has 0 radical (unpaired) electrons. The summed E-state index contributed by atoms with van der Waals surface area (Å²) >= 11 is 1.68. The fraction of sp³-hybridized carbons (Fsp3) is 0.263. The van der Waals surface area contributed by atoms with Crippen LogP contribution in [0.2, 0.25) is 0 Å². The number of amides is 2. The van der Waals surface area contributed by atoms with Gasteiger partial charge in [0.1, 0.15) is 5.76 Å². The zero-order valence-electron chi connectivity index (χ0n) is 14.7.